The first kappa shape index (κ1) is 27.7. The van der Waals surface area contributed by atoms with Gasteiger partial charge in [0.05, 0.1) is 13.3 Å². The van der Waals surface area contributed by atoms with Crippen LogP contribution in [-0.4, -0.2) is 27.6 Å². The van der Waals surface area contributed by atoms with E-state index in [1.165, 1.54) is 31.5 Å². The van der Waals surface area contributed by atoms with E-state index in [0.29, 0.717) is 28.5 Å². The Morgan fingerprint density at radius 2 is 1.62 bits per heavy atom. The maximum Gasteiger partial charge on any atom is 0.339 e. The molecule has 0 aliphatic rings. The van der Waals surface area contributed by atoms with Crippen LogP contribution in [0.2, 0.25) is 5.02 Å². The fraction of sp³-hybridized carbons (Fsp3) is 0.103. The summed E-state index contributed by atoms with van der Waals surface area (Å²) in [6.45, 7) is 2.23. The van der Waals surface area contributed by atoms with Crippen LogP contribution >= 0.6 is 11.6 Å². The summed E-state index contributed by atoms with van der Waals surface area (Å²) in [4.78, 5) is 12.5. The van der Waals surface area contributed by atoms with Crippen LogP contribution in [0.3, 0.4) is 0 Å². The van der Waals surface area contributed by atoms with E-state index < -0.39 is 16.0 Å². The number of methoxy groups -OCH3 is 1. The van der Waals surface area contributed by atoms with Gasteiger partial charge in [-0.1, -0.05) is 41.4 Å². The zero-order valence-corrected chi connectivity index (χ0v) is 22.7. The molecule has 0 atom stereocenters. The van der Waals surface area contributed by atoms with Crippen LogP contribution < -0.4 is 19.1 Å². The molecule has 0 bridgehead atoms. The molecule has 0 unspecified atom stereocenters. The van der Waals surface area contributed by atoms with Gasteiger partial charge in [0.2, 0.25) is 0 Å². The lowest BCUT2D eigenvalue weighted by Gasteiger charge is -2.11. The minimum atomic E-state index is -4.04. The molecule has 1 amide bonds. The van der Waals surface area contributed by atoms with E-state index in [1.54, 1.807) is 60.7 Å². The minimum Gasteiger partial charge on any atom is -0.493 e. The third kappa shape index (κ3) is 7.59. The minimum absolute atomic E-state index is 0.0256. The highest BCUT2D eigenvalue weighted by molar-refractivity contribution is 7.87. The Bertz CT molecular complexity index is 1570. The SMILES string of the molecule is COc1cc(/C=N\NC(=O)c2ccc(OCc3ccc(Cl)cc3)cc2)ccc1OS(=O)(=O)c1ccc(C)cc1. The van der Waals surface area contributed by atoms with Crippen LogP contribution in [-0.2, 0) is 16.7 Å². The van der Waals surface area contributed by atoms with E-state index in [1.807, 2.05) is 19.1 Å². The van der Waals surface area contributed by atoms with Gasteiger partial charge in [0.25, 0.3) is 5.91 Å². The number of hydrazone groups is 1. The van der Waals surface area contributed by atoms with Gasteiger partial charge in [0.1, 0.15) is 17.3 Å². The van der Waals surface area contributed by atoms with Crippen LogP contribution in [0.1, 0.15) is 27.0 Å². The number of nitrogens with one attached hydrogen (secondary N) is 1. The Labute approximate surface area is 231 Å². The van der Waals surface area contributed by atoms with Crippen molar-refractivity contribution in [3.8, 4) is 17.2 Å². The molecule has 0 heterocycles. The molecule has 4 aromatic carbocycles. The van der Waals surface area contributed by atoms with E-state index in [0.717, 1.165) is 11.1 Å². The van der Waals surface area contributed by atoms with E-state index in [-0.39, 0.29) is 16.4 Å². The number of amides is 1. The second kappa shape index (κ2) is 12.5. The first-order chi connectivity index (χ1) is 18.7. The van der Waals surface area contributed by atoms with Gasteiger partial charge in [-0.3, -0.25) is 4.79 Å². The highest BCUT2D eigenvalue weighted by Gasteiger charge is 2.19. The van der Waals surface area contributed by atoms with Crippen molar-refractivity contribution < 1.29 is 26.9 Å². The Kier molecular flexibility index (Phi) is 8.85. The summed E-state index contributed by atoms with van der Waals surface area (Å²) in [5.41, 5.74) is 5.31. The Morgan fingerprint density at radius 3 is 2.28 bits per heavy atom. The summed E-state index contributed by atoms with van der Waals surface area (Å²) >= 11 is 5.89. The number of ether oxygens (including phenoxy) is 2. The fourth-order valence-electron chi connectivity index (χ4n) is 3.38. The zero-order valence-electron chi connectivity index (χ0n) is 21.1. The summed E-state index contributed by atoms with van der Waals surface area (Å²) < 4.78 is 41.5. The average molecular weight is 565 g/mol. The number of benzene rings is 4. The van der Waals surface area contributed by atoms with Gasteiger partial charge in [-0.15, -0.1) is 0 Å². The third-order valence-corrected chi connectivity index (χ3v) is 7.01. The molecule has 10 heteroatoms. The molecule has 1 N–H and O–H groups in total. The number of hydrogen-bond acceptors (Lipinski definition) is 7. The predicted octanol–water partition coefficient (Wildman–Crippen LogP) is 5.77. The van der Waals surface area contributed by atoms with Crippen molar-refractivity contribution in [2.45, 2.75) is 18.4 Å². The van der Waals surface area contributed by atoms with Crippen molar-refractivity contribution in [1.82, 2.24) is 5.43 Å². The zero-order chi connectivity index (χ0) is 27.8. The molecule has 0 saturated heterocycles. The molecule has 39 heavy (non-hydrogen) atoms. The smallest absolute Gasteiger partial charge is 0.339 e. The number of hydrogen-bond donors (Lipinski definition) is 1. The Morgan fingerprint density at radius 1 is 0.923 bits per heavy atom. The lowest BCUT2D eigenvalue weighted by Crippen LogP contribution is -2.17. The van der Waals surface area contributed by atoms with Crippen molar-refractivity contribution in [2.24, 2.45) is 5.10 Å². The quantitative estimate of drug-likeness (QED) is 0.149. The summed E-state index contributed by atoms with van der Waals surface area (Å²) in [6, 6.07) is 24.9. The second-order valence-corrected chi connectivity index (χ2v) is 10.4. The maximum atomic E-state index is 12.6. The molecule has 0 aliphatic heterocycles. The molecule has 0 radical (unpaired) electrons. The van der Waals surface area contributed by atoms with E-state index in [4.69, 9.17) is 25.3 Å². The summed E-state index contributed by atoms with van der Waals surface area (Å²) in [7, 11) is -2.65. The van der Waals surface area contributed by atoms with Crippen LogP contribution in [0.25, 0.3) is 0 Å². The highest BCUT2D eigenvalue weighted by atomic mass is 35.5. The average Bonchev–Trinajstić information content (AvgIpc) is 2.93. The lowest BCUT2D eigenvalue weighted by molar-refractivity contribution is 0.0955. The Hall–Kier alpha value is -4.34. The maximum absolute atomic E-state index is 12.6. The number of aryl methyl sites for hydroxylation is 1. The van der Waals surface area contributed by atoms with Crippen molar-refractivity contribution in [3.63, 3.8) is 0 Å². The molecule has 4 rings (SSSR count). The third-order valence-electron chi connectivity index (χ3n) is 5.51. The number of rotatable bonds is 10. The molecule has 0 spiro atoms. The van der Waals surface area contributed by atoms with Gasteiger partial charge in [0, 0.05) is 10.6 Å². The molecular weight excluding hydrogens is 540 g/mol. The van der Waals surface area contributed by atoms with Gasteiger partial charge in [-0.2, -0.15) is 13.5 Å². The lowest BCUT2D eigenvalue weighted by atomic mass is 10.2. The van der Waals surface area contributed by atoms with Crippen molar-refractivity contribution in [1.29, 1.82) is 0 Å². The summed E-state index contributed by atoms with van der Waals surface area (Å²) in [5, 5.41) is 4.64. The largest absolute Gasteiger partial charge is 0.493 e. The van der Waals surface area contributed by atoms with E-state index >= 15 is 0 Å². The Balaban J connectivity index is 1.34. The topological polar surface area (TPSA) is 103 Å². The van der Waals surface area contributed by atoms with Crippen LogP contribution in [0.15, 0.2) is 101 Å². The molecule has 0 fully saturated rings. The molecule has 0 aromatic heterocycles. The van der Waals surface area contributed by atoms with Gasteiger partial charge >= 0.3 is 10.1 Å². The van der Waals surface area contributed by atoms with Crippen LogP contribution in [0, 0.1) is 6.92 Å². The standard InChI is InChI=1S/C29H25ClN2O6S/c1-20-3-14-26(15-4-20)39(34,35)38-27-16-7-22(17-28(27)36-2)18-31-32-29(33)23-8-12-25(13-9-23)37-19-21-5-10-24(30)11-6-21/h3-18H,19H2,1-2H3,(H,32,33)/b31-18-. The van der Waals surface area contributed by atoms with Gasteiger partial charge < -0.3 is 13.7 Å². The van der Waals surface area contributed by atoms with Gasteiger partial charge in [-0.25, -0.2) is 5.43 Å². The number of nitrogens with zero attached hydrogens (tertiary/aromatic N) is 1. The van der Waals surface area contributed by atoms with Crippen molar-refractivity contribution in [2.75, 3.05) is 7.11 Å². The summed E-state index contributed by atoms with van der Waals surface area (Å²) in [6.07, 6.45) is 1.41. The predicted molar refractivity (Wildman–Crippen MR) is 149 cm³/mol. The van der Waals surface area contributed by atoms with E-state index in [9.17, 15) is 13.2 Å². The van der Waals surface area contributed by atoms with E-state index in [2.05, 4.69) is 10.5 Å². The van der Waals surface area contributed by atoms with Gasteiger partial charge in [-0.05, 0) is 84.8 Å². The molecular formula is C29H25ClN2O6S. The molecule has 4 aromatic rings. The van der Waals surface area contributed by atoms with Crippen molar-refractivity contribution in [3.05, 3.63) is 118 Å². The first-order valence-corrected chi connectivity index (χ1v) is 13.5. The number of halogens is 1. The highest BCUT2D eigenvalue weighted by Crippen LogP contribution is 2.30. The second-order valence-electron chi connectivity index (χ2n) is 8.40. The monoisotopic (exact) mass is 564 g/mol. The van der Waals surface area contributed by atoms with Gasteiger partial charge in [0.15, 0.2) is 11.5 Å². The fourth-order valence-corrected chi connectivity index (χ4v) is 4.45. The van der Waals surface area contributed by atoms with Crippen LogP contribution in [0.4, 0.5) is 0 Å². The van der Waals surface area contributed by atoms with Crippen LogP contribution in [0.5, 0.6) is 17.2 Å². The molecule has 0 aliphatic carbocycles. The molecule has 0 saturated carbocycles. The van der Waals surface area contributed by atoms with Crippen molar-refractivity contribution >= 4 is 33.8 Å². The normalized spacial score (nSPS) is 11.3. The first-order valence-electron chi connectivity index (χ1n) is 11.7. The molecule has 200 valence electrons. The molecule has 8 nitrogen and oxygen atoms in total. The number of carbonyl (C=O) groups is 1. The summed E-state index contributed by atoms with van der Waals surface area (Å²) in [5.74, 6) is 0.420. The number of carbonyl (C=O) groups excluding carboxylic acids is 1.